The van der Waals surface area contributed by atoms with E-state index in [2.05, 4.69) is 10.3 Å². The third kappa shape index (κ3) is 4.60. The number of amides is 1. The van der Waals surface area contributed by atoms with Gasteiger partial charge in [-0.05, 0) is 0 Å². The van der Waals surface area contributed by atoms with Crippen molar-refractivity contribution in [2.75, 3.05) is 13.7 Å². The van der Waals surface area contributed by atoms with Crippen LogP contribution in [0.1, 0.15) is 41.7 Å². The Balaban J connectivity index is 2.67. The largest absolute Gasteiger partial charge is 0.480 e. The number of nitrogens with zero attached hydrogens (tertiary/aromatic N) is 1. The minimum atomic E-state index is -1.08. The van der Waals surface area contributed by atoms with Crippen LogP contribution in [0, 0.1) is 0 Å². The van der Waals surface area contributed by atoms with E-state index in [1.807, 2.05) is 13.8 Å². The predicted molar refractivity (Wildman–Crippen MR) is 71.6 cm³/mol. The SMILES string of the molecule is COCCC(NC(=O)c1csc(C(C)C)n1)C(=O)O. The third-order valence-electron chi connectivity index (χ3n) is 2.46. The molecular weight excluding hydrogens is 268 g/mol. The van der Waals surface area contributed by atoms with Crippen LogP contribution in [0.2, 0.25) is 0 Å². The van der Waals surface area contributed by atoms with E-state index < -0.39 is 17.9 Å². The van der Waals surface area contributed by atoms with Crippen LogP contribution in [0.25, 0.3) is 0 Å². The van der Waals surface area contributed by atoms with E-state index in [0.29, 0.717) is 0 Å². The van der Waals surface area contributed by atoms with Crippen molar-refractivity contribution >= 4 is 23.2 Å². The number of carbonyl (C=O) groups excluding carboxylic acids is 1. The first-order valence-electron chi connectivity index (χ1n) is 5.93. The fourth-order valence-electron chi connectivity index (χ4n) is 1.38. The Morgan fingerprint density at radius 1 is 1.53 bits per heavy atom. The van der Waals surface area contributed by atoms with Crippen molar-refractivity contribution < 1.29 is 19.4 Å². The lowest BCUT2D eigenvalue weighted by molar-refractivity contribution is -0.139. The lowest BCUT2D eigenvalue weighted by atomic mass is 10.2. The van der Waals surface area contributed by atoms with Gasteiger partial charge in [-0.2, -0.15) is 0 Å². The summed E-state index contributed by atoms with van der Waals surface area (Å²) < 4.78 is 4.82. The minimum absolute atomic E-state index is 0.221. The zero-order valence-corrected chi connectivity index (χ0v) is 12.0. The second kappa shape index (κ2) is 7.20. The van der Waals surface area contributed by atoms with Gasteiger partial charge >= 0.3 is 5.97 Å². The number of carboxylic acids is 1. The maximum Gasteiger partial charge on any atom is 0.326 e. The molecule has 0 aliphatic rings. The van der Waals surface area contributed by atoms with Crippen molar-refractivity contribution in [1.82, 2.24) is 10.3 Å². The summed E-state index contributed by atoms with van der Waals surface area (Å²) in [4.78, 5) is 27.1. The van der Waals surface area contributed by atoms with E-state index in [0.717, 1.165) is 5.01 Å². The highest BCUT2D eigenvalue weighted by Crippen LogP contribution is 2.19. The van der Waals surface area contributed by atoms with Crippen LogP contribution in [-0.2, 0) is 9.53 Å². The van der Waals surface area contributed by atoms with Gasteiger partial charge in [-0.3, -0.25) is 4.79 Å². The zero-order chi connectivity index (χ0) is 14.4. The Morgan fingerprint density at radius 2 is 2.21 bits per heavy atom. The molecule has 106 valence electrons. The highest BCUT2D eigenvalue weighted by Gasteiger charge is 2.22. The molecule has 19 heavy (non-hydrogen) atoms. The number of hydrogen-bond acceptors (Lipinski definition) is 5. The van der Waals surface area contributed by atoms with Crippen LogP contribution in [0.5, 0.6) is 0 Å². The summed E-state index contributed by atoms with van der Waals surface area (Å²) in [6.07, 6.45) is 0.221. The molecule has 7 heteroatoms. The Morgan fingerprint density at radius 3 is 2.68 bits per heavy atom. The first-order valence-corrected chi connectivity index (χ1v) is 6.81. The van der Waals surface area contributed by atoms with Crippen LogP contribution < -0.4 is 5.32 Å². The van der Waals surface area contributed by atoms with Crippen molar-refractivity contribution in [3.05, 3.63) is 16.1 Å². The Kier molecular flexibility index (Phi) is 5.91. The van der Waals surface area contributed by atoms with Gasteiger partial charge in [-0.25, -0.2) is 9.78 Å². The van der Waals surface area contributed by atoms with Gasteiger partial charge < -0.3 is 15.2 Å². The second-order valence-corrected chi connectivity index (χ2v) is 5.26. The van der Waals surface area contributed by atoms with Crippen molar-refractivity contribution in [3.63, 3.8) is 0 Å². The number of nitrogens with one attached hydrogen (secondary N) is 1. The Labute approximate surface area is 115 Å². The molecule has 0 radical (unpaired) electrons. The van der Waals surface area contributed by atoms with Crippen LogP contribution in [0.3, 0.4) is 0 Å². The first kappa shape index (κ1) is 15.6. The minimum Gasteiger partial charge on any atom is -0.480 e. The number of carbonyl (C=O) groups is 2. The number of aromatic nitrogens is 1. The van der Waals surface area contributed by atoms with Crippen LogP contribution >= 0.6 is 11.3 Å². The summed E-state index contributed by atoms with van der Waals surface area (Å²) in [5.74, 6) is -1.30. The van der Waals surface area contributed by atoms with E-state index in [4.69, 9.17) is 9.84 Å². The van der Waals surface area contributed by atoms with Crippen LogP contribution in [0.15, 0.2) is 5.38 Å². The molecule has 2 N–H and O–H groups in total. The molecule has 1 rings (SSSR count). The molecule has 0 aliphatic heterocycles. The van der Waals surface area contributed by atoms with Gasteiger partial charge in [-0.15, -0.1) is 11.3 Å². The van der Waals surface area contributed by atoms with Crippen LogP contribution in [0.4, 0.5) is 0 Å². The summed E-state index contributed by atoms with van der Waals surface area (Å²) in [6.45, 7) is 4.24. The molecule has 6 nitrogen and oxygen atoms in total. The fraction of sp³-hybridized carbons (Fsp3) is 0.583. The highest BCUT2D eigenvalue weighted by molar-refractivity contribution is 7.09. The van der Waals surface area contributed by atoms with E-state index in [1.54, 1.807) is 5.38 Å². The molecule has 1 amide bonds. The van der Waals surface area contributed by atoms with E-state index in [9.17, 15) is 9.59 Å². The molecule has 0 aromatic carbocycles. The van der Waals surface area contributed by atoms with E-state index in [1.165, 1.54) is 18.4 Å². The fourth-order valence-corrected chi connectivity index (χ4v) is 2.20. The van der Waals surface area contributed by atoms with E-state index >= 15 is 0 Å². The van der Waals surface area contributed by atoms with Gasteiger partial charge in [-0.1, -0.05) is 13.8 Å². The van der Waals surface area contributed by atoms with Gasteiger partial charge in [0.2, 0.25) is 0 Å². The molecule has 0 saturated heterocycles. The summed E-state index contributed by atoms with van der Waals surface area (Å²) in [5.41, 5.74) is 0.261. The summed E-state index contributed by atoms with van der Waals surface area (Å²) in [5, 5.41) is 13.9. The monoisotopic (exact) mass is 286 g/mol. The molecule has 0 fully saturated rings. The molecule has 0 aliphatic carbocycles. The Bertz CT molecular complexity index is 445. The van der Waals surface area contributed by atoms with Crippen molar-refractivity contribution in [2.45, 2.75) is 32.2 Å². The summed E-state index contributed by atoms with van der Waals surface area (Å²) in [6, 6.07) is -0.961. The number of ether oxygens (including phenoxy) is 1. The zero-order valence-electron chi connectivity index (χ0n) is 11.2. The highest BCUT2D eigenvalue weighted by atomic mass is 32.1. The number of rotatable bonds is 7. The molecule has 1 unspecified atom stereocenters. The first-order chi connectivity index (χ1) is 8.95. The number of aliphatic carboxylic acids is 1. The van der Waals surface area contributed by atoms with Crippen molar-refractivity contribution in [2.24, 2.45) is 0 Å². The maximum atomic E-state index is 11.9. The van der Waals surface area contributed by atoms with Gasteiger partial charge in [0.05, 0.1) is 5.01 Å². The molecule has 0 saturated carbocycles. The summed E-state index contributed by atoms with van der Waals surface area (Å²) >= 11 is 1.40. The number of thiazole rings is 1. The van der Waals surface area contributed by atoms with Crippen molar-refractivity contribution in [3.8, 4) is 0 Å². The lowest BCUT2D eigenvalue weighted by Crippen LogP contribution is -2.41. The van der Waals surface area contributed by atoms with Gasteiger partial charge in [0, 0.05) is 31.4 Å². The topological polar surface area (TPSA) is 88.5 Å². The van der Waals surface area contributed by atoms with Crippen LogP contribution in [-0.4, -0.2) is 41.7 Å². The normalized spacial score (nSPS) is 12.4. The standard InChI is InChI=1S/C12H18N2O4S/c1-7(2)11-14-9(6-19-11)10(15)13-8(12(16)17)4-5-18-3/h6-8H,4-5H2,1-3H3,(H,13,15)(H,16,17). The molecule has 0 spiro atoms. The number of methoxy groups -OCH3 is 1. The van der Waals surface area contributed by atoms with Gasteiger partial charge in [0.1, 0.15) is 11.7 Å². The third-order valence-corrected chi connectivity index (χ3v) is 3.61. The van der Waals surface area contributed by atoms with Gasteiger partial charge in [0.25, 0.3) is 5.91 Å². The predicted octanol–water partition coefficient (Wildman–Crippen LogP) is 1.49. The Hall–Kier alpha value is -1.47. The number of hydrogen-bond donors (Lipinski definition) is 2. The molecule has 1 aromatic heterocycles. The smallest absolute Gasteiger partial charge is 0.326 e. The molecule has 1 atom stereocenters. The second-order valence-electron chi connectivity index (χ2n) is 4.37. The quantitative estimate of drug-likeness (QED) is 0.792. The number of carboxylic acid groups (broad SMARTS) is 1. The van der Waals surface area contributed by atoms with Gasteiger partial charge in [0.15, 0.2) is 0 Å². The molecule has 1 aromatic rings. The molecule has 1 heterocycles. The maximum absolute atomic E-state index is 11.9. The van der Waals surface area contributed by atoms with Crippen molar-refractivity contribution in [1.29, 1.82) is 0 Å². The summed E-state index contributed by atoms with van der Waals surface area (Å²) in [7, 11) is 1.48. The van der Waals surface area contributed by atoms with E-state index in [-0.39, 0.29) is 24.6 Å². The molecule has 0 bridgehead atoms. The molecular formula is C12H18N2O4S. The average Bonchev–Trinajstić information content (AvgIpc) is 2.83. The average molecular weight is 286 g/mol. The lowest BCUT2D eigenvalue weighted by Gasteiger charge is -2.12.